The first-order chi connectivity index (χ1) is 11.9. The van der Waals surface area contributed by atoms with E-state index < -0.39 is 0 Å². The van der Waals surface area contributed by atoms with Crippen LogP contribution in [0.15, 0.2) is 9.57 Å². The summed E-state index contributed by atoms with van der Waals surface area (Å²) in [5.74, 6) is 5.19. The maximum absolute atomic E-state index is 5.74. The number of imidazole rings is 1. The number of nitrogens with zero attached hydrogens (tertiary/aromatic N) is 3. The van der Waals surface area contributed by atoms with E-state index in [-0.39, 0.29) is 0 Å². The number of rotatable bonds is 5. The van der Waals surface area contributed by atoms with E-state index in [0.717, 1.165) is 51.7 Å². The van der Waals surface area contributed by atoms with E-state index in [0.29, 0.717) is 6.04 Å². The Kier molecular flexibility index (Phi) is 4.47. The molecular formula is C20H29N3OS. The van der Waals surface area contributed by atoms with Gasteiger partial charge in [0.25, 0.3) is 0 Å². The van der Waals surface area contributed by atoms with Gasteiger partial charge in [-0.3, -0.25) is 0 Å². The molecule has 136 valence electrons. The van der Waals surface area contributed by atoms with Crippen LogP contribution in [-0.4, -0.2) is 14.5 Å². The number of thioether (sulfide) groups is 1. The summed E-state index contributed by atoms with van der Waals surface area (Å²) in [6, 6.07) is 0.534. The highest BCUT2D eigenvalue weighted by Gasteiger charge is 2.43. The van der Waals surface area contributed by atoms with Gasteiger partial charge < -0.3 is 8.98 Å². The molecule has 2 saturated carbocycles. The zero-order chi connectivity index (χ0) is 17.7. The number of aryl methyl sites for hydroxylation is 3. The van der Waals surface area contributed by atoms with Crippen molar-refractivity contribution < 1.29 is 4.42 Å². The Morgan fingerprint density at radius 1 is 1.12 bits per heavy atom. The molecule has 0 N–H and O–H groups in total. The van der Waals surface area contributed by atoms with Gasteiger partial charge in [0, 0.05) is 11.7 Å². The molecule has 4 rings (SSSR count). The third-order valence-corrected chi connectivity index (χ3v) is 7.51. The summed E-state index contributed by atoms with van der Waals surface area (Å²) < 4.78 is 8.24. The predicted octanol–water partition coefficient (Wildman–Crippen LogP) is 5.39. The monoisotopic (exact) mass is 359 g/mol. The summed E-state index contributed by atoms with van der Waals surface area (Å²) in [7, 11) is 0. The van der Waals surface area contributed by atoms with Crippen molar-refractivity contribution in [2.75, 3.05) is 0 Å². The van der Waals surface area contributed by atoms with Crippen molar-refractivity contribution in [1.82, 2.24) is 14.5 Å². The molecule has 2 bridgehead atoms. The van der Waals surface area contributed by atoms with Crippen LogP contribution in [0.1, 0.15) is 67.4 Å². The van der Waals surface area contributed by atoms with Crippen LogP contribution in [0.25, 0.3) is 0 Å². The Morgan fingerprint density at radius 3 is 2.52 bits per heavy atom. The lowest BCUT2D eigenvalue weighted by molar-refractivity contribution is 0.232. The Hall–Kier alpha value is -1.23. The molecule has 2 aromatic heterocycles. The summed E-state index contributed by atoms with van der Waals surface area (Å²) in [5.41, 5.74) is 3.46. The molecule has 0 spiro atoms. The van der Waals surface area contributed by atoms with E-state index in [1.165, 1.54) is 31.4 Å². The van der Waals surface area contributed by atoms with Crippen LogP contribution in [0, 0.1) is 45.4 Å². The predicted molar refractivity (Wildman–Crippen MR) is 101 cm³/mol. The maximum Gasteiger partial charge on any atom is 0.205 e. The Balaban J connectivity index is 1.55. The fourth-order valence-corrected chi connectivity index (χ4v) is 6.00. The van der Waals surface area contributed by atoms with Gasteiger partial charge in [0.1, 0.15) is 5.76 Å². The lowest BCUT2D eigenvalue weighted by Crippen LogP contribution is -2.23. The Labute approximate surface area is 154 Å². The highest BCUT2D eigenvalue weighted by atomic mass is 32.2. The Bertz CT molecular complexity index is 759. The minimum Gasteiger partial charge on any atom is -0.445 e. The van der Waals surface area contributed by atoms with Crippen LogP contribution in [-0.2, 0) is 5.75 Å². The van der Waals surface area contributed by atoms with E-state index >= 15 is 0 Å². The van der Waals surface area contributed by atoms with Gasteiger partial charge in [-0.1, -0.05) is 18.2 Å². The summed E-state index contributed by atoms with van der Waals surface area (Å²) in [6.45, 7) is 10.7. The molecule has 2 aromatic rings. The van der Waals surface area contributed by atoms with Gasteiger partial charge in [-0.05, 0) is 71.6 Å². The number of oxazole rings is 1. The molecule has 2 aliphatic rings. The first-order valence-corrected chi connectivity index (χ1v) is 10.5. The van der Waals surface area contributed by atoms with Gasteiger partial charge in [0.15, 0.2) is 5.16 Å². The third kappa shape index (κ3) is 3.05. The van der Waals surface area contributed by atoms with Crippen molar-refractivity contribution in [2.45, 2.75) is 77.3 Å². The molecular weight excluding hydrogens is 330 g/mol. The second-order valence-electron chi connectivity index (χ2n) is 8.05. The fraction of sp³-hybridized carbons (Fsp3) is 0.700. The minimum absolute atomic E-state index is 0.534. The first kappa shape index (κ1) is 17.2. The molecule has 4 nitrogen and oxygen atoms in total. The molecule has 25 heavy (non-hydrogen) atoms. The van der Waals surface area contributed by atoms with E-state index in [1.54, 1.807) is 11.8 Å². The number of hydrogen-bond acceptors (Lipinski definition) is 4. The standard InChI is InChI=1S/C20H29N3OS/c1-11-13(3)23(14(4)18-9-16-6-7-17(18)8-16)20(22-11)25-10-19-21-12(2)15(5)24-19/h14,16-18H,6-10H2,1-5H3/t14-,16+,17+,18+/m1/s1. The fourth-order valence-electron chi connectivity index (χ4n) is 4.98. The van der Waals surface area contributed by atoms with Crippen LogP contribution < -0.4 is 0 Å². The van der Waals surface area contributed by atoms with Crippen LogP contribution >= 0.6 is 11.8 Å². The largest absolute Gasteiger partial charge is 0.445 e. The summed E-state index contributed by atoms with van der Waals surface area (Å²) in [4.78, 5) is 9.38. The van der Waals surface area contributed by atoms with Gasteiger partial charge in [-0.2, -0.15) is 0 Å². The van der Waals surface area contributed by atoms with Crippen LogP contribution in [0.4, 0.5) is 0 Å². The van der Waals surface area contributed by atoms with Crippen LogP contribution in [0.5, 0.6) is 0 Å². The smallest absolute Gasteiger partial charge is 0.205 e. The lowest BCUT2D eigenvalue weighted by atomic mass is 9.84. The van der Waals surface area contributed by atoms with Crippen LogP contribution in [0.2, 0.25) is 0 Å². The van der Waals surface area contributed by atoms with E-state index in [9.17, 15) is 0 Å². The molecule has 0 saturated heterocycles. The van der Waals surface area contributed by atoms with Gasteiger partial charge in [-0.25, -0.2) is 9.97 Å². The van der Waals surface area contributed by atoms with Crippen molar-refractivity contribution in [3.05, 3.63) is 28.7 Å². The van der Waals surface area contributed by atoms with Gasteiger partial charge in [0.2, 0.25) is 5.89 Å². The van der Waals surface area contributed by atoms with E-state index in [4.69, 9.17) is 9.40 Å². The third-order valence-electron chi connectivity index (χ3n) is 6.57. The molecule has 0 aliphatic heterocycles. The second-order valence-corrected chi connectivity index (χ2v) is 8.99. The topological polar surface area (TPSA) is 43.9 Å². The quantitative estimate of drug-likeness (QED) is 0.671. The molecule has 2 heterocycles. The molecule has 0 radical (unpaired) electrons. The van der Waals surface area contributed by atoms with Crippen molar-refractivity contribution in [3.63, 3.8) is 0 Å². The molecule has 0 unspecified atom stereocenters. The zero-order valence-electron chi connectivity index (χ0n) is 16.0. The highest BCUT2D eigenvalue weighted by Crippen LogP contribution is 2.52. The van der Waals surface area contributed by atoms with Crippen molar-refractivity contribution in [2.24, 2.45) is 17.8 Å². The molecule has 5 heteroatoms. The maximum atomic E-state index is 5.74. The Morgan fingerprint density at radius 2 is 1.92 bits per heavy atom. The average Bonchev–Trinajstić information content (AvgIpc) is 3.32. The van der Waals surface area contributed by atoms with Gasteiger partial charge >= 0.3 is 0 Å². The van der Waals surface area contributed by atoms with Crippen molar-refractivity contribution in [1.29, 1.82) is 0 Å². The molecule has 4 atom stereocenters. The number of hydrogen-bond donors (Lipinski definition) is 0. The first-order valence-electron chi connectivity index (χ1n) is 9.55. The van der Waals surface area contributed by atoms with Gasteiger partial charge in [-0.15, -0.1) is 0 Å². The second kappa shape index (κ2) is 6.49. The average molecular weight is 360 g/mol. The zero-order valence-corrected chi connectivity index (χ0v) is 16.8. The summed E-state index contributed by atoms with van der Waals surface area (Å²) in [6.07, 6.45) is 5.76. The highest BCUT2D eigenvalue weighted by molar-refractivity contribution is 7.98. The SMILES string of the molecule is Cc1nc(CSc2nc(C)c(C)n2[C@H](C)[C@@H]2C[C@H]3CC[C@H]2C3)oc1C. The molecule has 2 aliphatic carbocycles. The van der Waals surface area contributed by atoms with Crippen molar-refractivity contribution in [3.8, 4) is 0 Å². The van der Waals surface area contributed by atoms with Crippen molar-refractivity contribution >= 4 is 11.8 Å². The van der Waals surface area contributed by atoms with E-state index in [2.05, 4.69) is 30.3 Å². The minimum atomic E-state index is 0.534. The normalized spacial score (nSPS) is 26.5. The molecule has 0 amide bonds. The number of fused-ring (bicyclic) bond motifs is 2. The molecule has 2 fully saturated rings. The van der Waals surface area contributed by atoms with E-state index in [1.807, 2.05) is 13.8 Å². The number of aromatic nitrogens is 3. The summed E-state index contributed by atoms with van der Waals surface area (Å²) in [5, 5.41) is 1.12. The molecule has 0 aromatic carbocycles. The summed E-state index contributed by atoms with van der Waals surface area (Å²) >= 11 is 1.76. The van der Waals surface area contributed by atoms with Gasteiger partial charge in [0.05, 0.1) is 17.1 Å². The lowest BCUT2D eigenvalue weighted by Gasteiger charge is -2.30. The van der Waals surface area contributed by atoms with Crippen LogP contribution in [0.3, 0.4) is 0 Å².